The molecule has 1 atom stereocenters. The predicted molar refractivity (Wildman–Crippen MR) is 128 cm³/mol. The first kappa shape index (κ1) is 20.8. The van der Waals surface area contributed by atoms with Crippen molar-refractivity contribution < 1.29 is 14.7 Å². The van der Waals surface area contributed by atoms with Gasteiger partial charge in [0.05, 0.1) is 11.1 Å². The maximum atomic E-state index is 13.3. The van der Waals surface area contributed by atoms with Gasteiger partial charge in [-0.2, -0.15) is 0 Å². The number of nitrogens with one attached hydrogen (secondary N) is 2. The van der Waals surface area contributed by atoms with Crippen LogP contribution >= 0.6 is 0 Å². The summed E-state index contributed by atoms with van der Waals surface area (Å²) in [7, 11) is 0. The molecule has 0 spiro atoms. The van der Waals surface area contributed by atoms with Crippen LogP contribution in [0.1, 0.15) is 28.8 Å². The lowest BCUT2D eigenvalue weighted by atomic mass is 10.0. The fourth-order valence-corrected chi connectivity index (χ4v) is 4.42. The third kappa shape index (κ3) is 3.82. The molecule has 1 aliphatic heterocycles. The van der Waals surface area contributed by atoms with Crippen molar-refractivity contribution in [1.29, 1.82) is 0 Å². The Morgan fingerprint density at radius 3 is 2.64 bits per heavy atom. The number of hydrazine groups is 1. The molecule has 1 aliphatic rings. The minimum Gasteiger partial charge on any atom is -0.506 e. The van der Waals surface area contributed by atoms with Crippen LogP contribution in [0, 0.1) is 6.92 Å². The van der Waals surface area contributed by atoms with Gasteiger partial charge in [0.15, 0.2) is 0 Å². The molecule has 3 aromatic carbocycles. The smallest absolute Gasteiger partial charge is 0.261 e. The zero-order valence-corrected chi connectivity index (χ0v) is 18.2. The van der Waals surface area contributed by atoms with Crippen LogP contribution in [0.4, 0.5) is 5.82 Å². The second kappa shape index (κ2) is 8.43. The number of anilines is 1. The van der Waals surface area contributed by atoms with Gasteiger partial charge in [-0.3, -0.25) is 20.4 Å². The Bertz CT molecular complexity index is 1380. The number of hydrogen-bond donors (Lipinski definition) is 3. The van der Waals surface area contributed by atoms with Gasteiger partial charge in [-0.15, -0.1) is 0 Å². The number of aromatic nitrogens is 1. The van der Waals surface area contributed by atoms with E-state index < -0.39 is 6.04 Å². The van der Waals surface area contributed by atoms with E-state index in [2.05, 4.69) is 15.8 Å². The number of para-hydroxylation sites is 1. The first-order chi connectivity index (χ1) is 16.0. The van der Waals surface area contributed by atoms with Crippen molar-refractivity contribution in [2.24, 2.45) is 0 Å². The van der Waals surface area contributed by atoms with Crippen LogP contribution < -0.4 is 10.9 Å². The molecule has 1 unspecified atom stereocenters. The van der Waals surface area contributed by atoms with Crippen LogP contribution in [0.25, 0.3) is 21.7 Å². The Kier molecular flexibility index (Phi) is 5.30. The van der Waals surface area contributed by atoms with Crippen LogP contribution in [-0.4, -0.2) is 39.4 Å². The van der Waals surface area contributed by atoms with E-state index in [1.165, 1.54) is 4.90 Å². The zero-order chi connectivity index (χ0) is 22.9. The molecule has 1 saturated heterocycles. The summed E-state index contributed by atoms with van der Waals surface area (Å²) in [5.41, 5.74) is 7.56. The third-order valence-electron chi connectivity index (χ3n) is 6.17. The number of phenols is 1. The van der Waals surface area contributed by atoms with E-state index >= 15 is 0 Å². The number of benzene rings is 3. The van der Waals surface area contributed by atoms with E-state index in [9.17, 15) is 14.7 Å². The summed E-state index contributed by atoms with van der Waals surface area (Å²) in [6, 6.07) is 19.9. The number of hydrogen-bond acceptors (Lipinski definition) is 5. The number of carbonyl (C=O) groups excluding carboxylic acids is 2. The summed E-state index contributed by atoms with van der Waals surface area (Å²) in [4.78, 5) is 32.3. The average Bonchev–Trinajstić information content (AvgIpc) is 3.33. The summed E-state index contributed by atoms with van der Waals surface area (Å²) < 4.78 is 0. The van der Waals surface area contributed by atoms with Crippen LogP contribution in [0.3, 0.4) is 0 Å². The highest BCUT2D eigenvalue weighted by molar-refractivity contribution is 6.05. The molecular formula is C26H24N4O3. The molecule has 7 heteroatoms. The SMILES string of the molecule is Cc1cc2ccccc2nc1NNC(=O)C1CCCN1C(=O)c1ccc2ccccc2c1O. The first-order valence-corrected chi connectivity index (χ1v) is 11.0. The summed E-state index contributed by atoms with van der Waals surface area (Å²) in [5, 5.41) is 13.2. The van der Waals surface area contributed by atoms with E-state index in [1.807, 2.05) is 61.5 Å². The van der Waals surface area contributed by atoms with Crippen molar-refractivity contribution in [3.05, 3.63) is 77.9 Å². The minimum atomic E-state index is -0.628. The fourth-order valence-electron chi connectivity index (χ4n) is 4.42. The molecule has 0 saturated carbocycles. The van der Waals surface area contributed by atoms with E-state index in [0.29, 0.717) is 30.6 Å². The molecule has 166 valence electrons. The fraction of sp³-hybridized carbons (Fsp3) is 0.192. The van der Waals surface area contributed by atoms with Crippen molar-refractivity contribution in [2.75, 3.05) is 12.0 Å². The van der Waals surface area contributed by atoms with Crippen LogP contribution in [-0.2, 0) is 4.79 Å². The number of phenolic OH excluding ortho intramolecular Hbond substituents is 1. The number of carbonyl (C=O) groups is 2. The number of fused-ring (bicyclic) bond motifs is 2. The Hall–Kier alpha value is -4.13. The summed E-state index contributed by atoms with van der Waals surface area (Å²) in [6.45, 7) is 2.37. The number of amides is 2. The van der Waals surface area contributed by atoms with Crippen LogP contribution in [0.15, 0.2) is 66.7 Å². The number of rotatable bonds is 4. The number of aromatic hydroxyl groups is 1. The number of nitrogens with zero attached hydrogens (tertiary/aromatic N) is 2. The lowest BCUT2D eigenvalue weighted by Gasteiger charge is -2.25. The van der Waals surface area contributed by atoms with E-state index in [-0.39, 0.29) is 23.1 Å². The van der Waals surface area contributed by atoms with Gasteiger partial charge in [0.25, 0.3) is 11.8 Å². The highest BCUT2D eigenvalue weighted by atomic mass is 16.3. The molecule has 33 heavy (non-hydrogen) atoms. The number of pyridine rings is 1. The molecule has 1 fully saturated rings. The molecule has 7 nitrogen and oxygen atoms in total. The highest BCUT2D eigenvalue weighted by Crippen LogP contribution is 2.31. The lowest BCUT2D eigenvalue weighted by molar-refractivity contribution is -0.124. The molecular weight excluding hydrogens is 416 g/mol. The quantitative estimate of drug-likeness (QED) is 0.415. The lowest BCUT2D eigenvalue weighted by Crippen LogP contribution is -2.47. The van der Waals surface area contributed by atoms with Crippen molar-refractivity contribution in [1.82, 2.24) is 15.3 Å². The zero-order valence-electron chi connectivity index (χ0n) is 18.2. The molecule has 0 aliphatic carbocycles. The molecule has 0 radical (unpaired) electrons. The molecule has 5 rings (SSSR count). The number of aryl methyl sites for hydroxylation is 1. The first-order valence-electron chi connectivity index (χ1n) is 11.0. The normalized spacial score (nSPS) is 15.7. The molecule has 1 aromatic heterocycles. The van der Waals surface area contributed by atoms with Crippen LogP contribution in [0.2, 0.25) is 0 Å². The maximum absolute atomic E-state index is 13.3. The second-order valence-corrected chi connectivity index (χ2v) is 8.30. The summed E-state index contributed by atoms with van der Waals surface area (Å²) in [5.74, 6) is -0.158. The minimum absolute atomic E-state index is 0.0572. The van der Waals surface area contributed by atoms with Gasteiger partial charge in [-0.25, -0.2) is 4.98 Å². The standard InChI is InChI=1S/C26H24N4O3/c1-16-15-18-8-3-5-10-21(18)27-24(16)28-29-25(32)22-11-6-14-30(22)26(33)20-13-12-17-7-2-4-9-19(17)23(20)31/h2-5,7-10,12-13,15,22,31H,6,11,14H2,1H3,(H,27,28)(H,29,32). The van der Waals surface area contributed by atoms with Gasteiger partial charge < -0.3 is 10.0 Å². The van der Waals surface area contributed by atoms with Gasteiger partial charge in [-0.1, -0.05) is 48.5 Å². The van der Waals surface area contributed by atoms with Crippen molar-refractivity contribution >= 4 is 39.3 Å². The Labute approximate surface area is 191 Å². The van der Waals surface area contributed by atoms with Gasteiger partial charge in [0.2, 0.25) is 0 Å². The van der Waals surface area contributed by atoms with E-state index in [4.69, 9.17) is 0 Å². The largest absolute Gasteiger partial charge is 0.506 e. The third-order valence-corrected chi connectivity index (χ3v) is 6.17. The molecule has 2 heterocycles. The van der Waals surface area contributed by atoms with Gasteiger partial charge in [0.1, 0.15) is 17.6 Å². The van der Waals surface area contributed by atoms with Crippen LogP contribution in [0.5, 0.6) is 5.75 Å². The molecule has 2 amide bonds. The molecule has 0 bridgehead atoms. The highest BCUT2D eigenvalue weighted by Gasteiger charge is 2.35. The summed E-state index contributed by atoms with van der Waals surface area (Å²) >= 11 is 0. The van der Waals surface area contributed by atoms with Crippen molar-refractivity contribution in [3.63, 3.8) is 0 Å². The number of likely N-dealkylation sites (tertiary alicyclic amines) is 1. The monoisotopic (exact) mass is 440 g/mol. The van der Waals surface area contributed by atoms with Gasteiger partial charge in [-0.05, 0) is 48.9 Å². The molecule has 3 N–H and O–H groups in total. The Morgan fingerprint density at radius 1 is 1.03 bits per heavy atom. The van der Waals surface area contributed by atoms with Gasteiger partial charge in [0, 0.05) is 17.3 Å². The molecule has 4 aromatic rings. The maximum Gasteiger partial charge on any atom is 0.261 e. The topological polar surface area (TPSA) is 94.6 Å². The summed E-state index contributed by atoms with van der Waals surface area (Å²) in [6.07, 6.45) is 1.27. The van der Waals surface area contributed by atoms with E-state index in [1.54, 1.807) is 12.1 Å². The average molecular weight is 441 g/mol. The predicted octanol–water partition coefficient (Wildman–Crippen LogP) is 4.15. The Morgan fingerprint density at radius 2 is 1.79 bits per heavy atom. The van der Waals surface area contributed by atoms with Crippen molar-refractivity contribution in [2.45, 2.75) is 25.8 Å². The Balaban J connectivity index is 1.33. The second-order valence-electron chi connectivity index (χ2n) is 8.30. The van der Waals surface area contributed by atoms with Crippen molar-refractivity contribution in [3.8, 4) is 5.75 Å². The van der Waals surface area contributed by atoms with E-state index in [0.717, 1.165) is 21.9 Å². The van der Waals surface area contributed by atoms with Gasteiger partial charge >= 0.3 is 0 Å².